The van der Waals surface area contributed by atoms with Gasteiger partial charge in [0.05, 0.1) is 17.7 Å². The number of thiophene rings is 1. The van der Waals surface area contributed by atoms with Crippen LogP contribution in [0, 0.1) is 0 Å². The molecule has 1 aromatic carbocycles. The zero-order valence-electron chi connectivity index (χ0n) is 16.4. The number of hydrogen-bond donors (Lipinski definition) is 1. The number of amides is 1. The first-order chi connectivity index (χ1) is 13.8. The van der Waals surface area contributed by atoms with E-state index in [2.05, 4.69) is 5.32 Å². The molecule has 0 atom stereocenters. The van der Waals surface area contributed by atoms with Crippen molar-refractivity contribution in [2.75, 3.05) is 19.5 Å². The minimum Gasteiger partial charge on any atom is -0.465 e. The Morgan fingerprint density at radius 2 is 1.90 bits per heavy atom. The fourth-order valence-corrected chi connectivity index (χ4v) is 5.69. The zero-order chi connectivity index (χ0) is 21.0. The van der Waals surface area contributed by atoms with Crippen LogP contribution in [0.2, 0.25) is 0 Å². The van der Waals surface area contributed by atoms with Gasteiger partial charge in [0.15, 0.2) is 0 Å². The van der Waals surface area contributed by atoms with Crippen LogP contribution in [0.3, 0.4) is 0 Å². The van der Waals surface area contributed by atoms with E-state index in [-0.39, 0.29) is 21.4 Å². The second-order valence-corrected chi connectivity index (χ2v) is 9.86. The van der Waals surface area contributed by atoms with Gasteiger partial charge in [0.2, 0.25) is 10.0 Å². The van der Waals surface area contributed by atoms with Crippen molar-refractivity contribution in [3.8, 4) is 0 Å². The highest BCUT2D eigenvalue weighted by molar-refractivity contribution is 7.89. The van der Waals surface area contributed by atoms with Crippen molar-refractivity contribution < 1.29 is 22.7 Å². The van der Waals surface area contributed by atoms with Crippen molar-refractivity contribution in [3.05, 3.63) is 46.2 Å². The third-order valence-electron chi connectivity index (χ3n) is 5.15. The molecule has 0 aliphatic heterocycles. The van der Waals surface area contributed by atoms with Crippen LogP contribution in [0.1, 0.15) is 52.1 Å². The maximum absolute atomic E-state index is 13.0. The Labute approximate surface area is 174 Å². The third-order valence-corrected chi connectivity index (χ3v) is 7.95. The van der Waals surface area contributed by atoms with Crippen LogP contribution >= 0.6 is 11.3 Å². The lowest BCUT2D eigenvalue weighted by Gasteiger charge is -2.30. The lowest BCUT2D eigenvalue weighted by Crippen LogP contribution is -2.38. The van der Waals surface area contributed by atoms with E-state index in [4.69, 9.17) is 4.74 Å². The summed E-state index contributed by atoms with van der Waals surface area (Å²) in [5, 5.41) is 4.32. The van der Waals surface area contributed by atoms with Crippen molar-refractivity contribution in [2.45, 2.75) is 43.0 Å². The van der Waals surface area contributed by atoms with E-state index in [1.807, 2.05) is 0 Å². The molecule has 1 aliphatic rings. The summed E-state index contributed by atoms with van der Waals surface area (Å²) < 4.78 is 32.2. The predicted molar refractivity (Wildman–Crippen MR) is 112 cm³/mol. The summed E-state index contributed by atoms with van der Waals surface area (Å²) in [4.78, 5) is 24.8. The number of rotatable bonds is 6. The molecule has 9 heteroatoms. The second kappa shape index (κ2) is 9.06. The molecule has 156 valence electrons. The highest BCUT2D eigenvalue weighted by Crippen LogP contribution is 2.27. The van der Waals surface area contributed by atoms with Crippen LogP contribution in [-0.4, -0.2) is 44.8 Å². The van der Waals surface area contributed by atoms with Crippen molar-refractivity contribution in [1.29, 1.82) is 0 Å². The van der Waals surface area contributed by atoms with E-state index in [0.717, 1.165) is 43.4 Å². The smallest absolute Gasteiger partial charge is 0.350 e. The first-order valence-corrected chi connectivity index (χ1v) is 11.7. The molecule has 3 rings (SSSR count). The monoisotopic (exact) mass is 436 g/mol. The first kappa shape index (κ1) is 21.5. The van der Waals surface area contributed by atoms with Gasteiger partial charge in [-0.25, -0.2) is 13.2 Å². The number of esters is 1. The minimum absolute atomic E-state index is 0.0142. The number of ether oxygens (including phenoxy) is 1. The highest BCUT2D eigenvalue weighted by atomic mass is 32.2. The van der Waals surface area contributed by atoms with Crippen LogP contribution in [0.25, 0.3) is 0 Å². The normalized spacial score (nSPS) is 15.3. The summed E-state index contributed by atoms with van der Waals surface area (Å²) in [5.74, 6) is -1.04. The summed E-state index contributed by atoms with van der Waals surface area (Å²) >= 11 is 1.15. The maximum atomic E-state index is 13.0. The predicted octanol–water partition coefficient (Wildman–Crippen LogP) is 3.74. The van der Waals surface area contributed by atoms with Crippen LogP contribution in [0.15, 0.2) is 40.6 Å². The fraction of sp³-hybridized carbons (Fsp3) is 0.400. The van der Waals surface area contributed by atoms with Crippen molar-refractivity contribution in [1.82, 2.24) is 4.31 Å². The standard InChI is InChI=1S/C20H24N2O5S2/c1-22(15-8-4-3-5-9-15)29(25,26)16-10-6-7-14(13-16)19(23)21-17-11-12-28-18(17)20(24)27-2/h6-7,10-13,15H,3-5,8-9H2,1-2H3,(H,21,23). The molecule has 7 nitrogen and oxygen atoms in total. The fourth-order valence-electron chi connectivity index (χ4n) is 3.46. The molecule has 0 spiro atoms. The first-order valence-electron chi connectivity index (χ1n) is 9.40. The number of carbonyl (C=O) groups excluding carboxylic acids is 2. The van der Waals surface area contributed by atoms with Gasteiger partial charge < -0.3 is 10.1 Å². The molecule has 0 radical (unpaired) electrons. The Morgan fingerprint density at radius 3 is 2.59 bits per heavy atom. The molecule has 2 aromatic rings. The highest BCUT2D eigenvalue weighted by Gasteiger charge is 2.29. The SMILES string of the molecule is COC(=O)c1sccc1NC(=O)c1cccc(S(=O)(=O)N(C)C2CCCCC2)c1. The van der Waals surface area contributed by atoms with Crippen molar-refractivity contribution in [2.24, 2.45) is 0 Å². The summed E-state index contributed by atoms with van der Waals surface area (Å²) in [6, 6.07) is 7.54. The van der Waals surface area contributed by atoms with E-state index >= 15 is 0 Å². The Morgan fingerprint density at radius 1 is 1.17 bits per heavy atom. The summed E-state index contributed by atoms with van der Waals surface area (Å²) in [6.07, 6.45) is 4.89. The number of anilines is 1. The van der Waals surface area contributed by atoms with Crippen molar-refractivity contribution in [3.63, 3.8) is 0 Å². The van der Waals surface area contributed by atoms with E-state index in [1.165, 1.54) is 23.5 Å². The lowest BCUT2D eigenvalue weighted by molar-refractivity contribution is 0.0607. The van der Waals surface area contributed by atoms with Crippen LogP contribution in [0.4, 0.5) is 5.69 Å². The van der Waals surface area contributed by atoms with Gasteiger partial charge in [-0.2, -0.15) is 4.31 Å². The topological polar surface area (TPSA) is 92.8 Å². The molecule has 0 bridgehead atoms. The van der Waals surface area contributed by atoms with E-state index in [1.54, 1.807) is 30.6 Å². The molecule has 0 unspecified atom stereocenters. The number of benzene rings is 1. The molecule has 29 heavy (non-hydrogen) atoms. The van der Waals surface area contributed by atoms with Crippen LogP contribution in [0.5, 0.6) is 0 Å². The number of methoxy groups -OCH3 is 1. The molecule has 1 fully saturated rings. The molecule has 1 N–H and O–H groups in total. The van der Waals surface area contributed by atoms with Gasteiger partial charge in [-0.15, -0.1) is 11.3 Å². The Bertz CT molecular complexity index is 994. The van der Waals surface area contributed by atoms with Crippen molar-refractivity contribution >= 4 is 38.9 Å². The van der Waals surface area contributed by atoms with Crippen LogP contribution < -0.4 is 5.32 Å². The summed E-state index contributed by atoms with van der Waals surface area (Å²) in [7, 11) is -0.829. The van der Waals surface area contributed by atoms with Gasteiger partial charge in [-0.3, -0.25) is 4.79 Å². The van der Waals surface area contributed by atoms with Gasteiger partial charge in [-0.05, 0) is 42.5 Å². The van der Waals surface area contributed by atoms with Gasteiger partial charge in [0.25, 0.3) is 5.91 Å². The number of carbonyl (C=O) groups is 2. The molecule has 1 heterocycles. The Kier molecular flexibility index (Phi) is 6.71. The molecule has 1 aromatic heterocycles. The van der Waals surface area contributed by atoms with Gasteiger partial charge >= 0.3 is 5.97 Å². The number of nitrogens with one attached hydrogen (secondary N) is 1. The van der Waals surface area contributed by atoms with Gasteiger partial charge in [0, 0.05) is 18.7 Å². The van der Waals surface area contributed by atoms with E-state index < -0.39 is 21.9 Å². The quantitative estimate of drug-likeness (QED) is 0.697. The largest absolute Gasteiger partial charge is 0.465 e. The lowest BCUT2D eigenvalue weighted by atomic mass is 9.96. The van der Waals surface area contributed by atoms with E-state index in [0.29, 0.717) is 5.69 Å². The summed E-state index contributed by atoms with van der Waals surface area (Å²) in [6.45, 7) is 0. The number of hydrogen-bond acceptors (Lipinski definition) is 6. The zero-order valence-corrected chi connectivity index (χ0v) is 18.0. The molecule has 1 aliphatic carbocycles. The molecule has 1 amide bonds. The Hall–Kier alpha value is -2.23. The minimum atomic E-state index is -3.70. The molecule has 0 saturated heterocycles. The number of nitrogens with zero attached hydrogens (tertiary/aromatic N) is 1. The average Bonchev–Trinajstić information content (AvgIpc) is 3.21. The second-order valence-electron chi connectivity index (χ2n) is 6.95. The van der Waals surface area contributed by atoms with E-state index in [9.17, 15) is 18.0 Å². The molecular formula is C20H24N2O5S2. The summed E-state index contributed by atoms with van der Waals surface area (Å²) in [5.41, 5.74) is 0.532. The Balaban J connectivity index is 1.81. The number of sulfonamides is 1. The third kappa shape index (κ3) is 4.68. The average molecular weight is 437 g/mol. The maximum Gasteiger partial charge on any atom is 0.350 e. The van der Waals surface area contributed by atoms with Gasteiger partial charge in [-0.1, -0.05) is 25.3 Å². The molecule has 1 saturated carbocycles. The van der Waals surface area contributed by atoms with Gasteiger partial charge in [0.1, 0.15) is 4.88 Å². The van der Waals surface area contributed by atoms with Crippen LogP contribution in [-0.2, 0) is 14.8 Å². The molecular weight excluding hydrogens is 412 g/mol.